The molecule has 116 valence electrons. The van der Waals surface area contributed by atoms with E-state index >= 15 is 0 Å². The maximum Gasteiger partial charge on any atom is 0.123 e. The summed E-state index contributed by atoms with van der Waals surface area (Å²) in [5.74, 6) is 0.546. The van der Waals surface area contributed by atoms with Gasteiger partial charge in [-0.25, -0.2) is 4.39 Å². The molecule has 1 aromatic carbocycles. The first kappa shape index (κ1) is 15.1. The SMILES string of the molecule is Fc1ccc(-c2cccc(CNCC3CCNCC3)n2)cc1. The zero-order chi connectivity index (χ0) is 15.2. The summed E-state index contributed by atoms with van der Waals surface area (Å²) in [6.07, 6.45) is 2.49. The van der Waals surface area contributed by atoms with Crippen LogP contribution in [0.3, 0.4) is 0 Å². The molecule has 1 aliphatic heterocycles. The van der Waals surface area contributed by atoms with E-state index in [1.165, 1.54) is 25.0 Å². The molecule has 1 aliphatic rings. The third-order valence-corrected chi connectivity index (χ3v) is 4.14. The Bertz CT molecular complexity index is 592. The maximum atomic E-state index is 13.0. The van der Waals surface area contributed by atoms with Crippen molar-refractivity contribution >= 4 is 0 Å². The molecule has 0 bridgehead atoms. The first-order valence-corrected chi connectivity index (χ1v) is 7.94. The van der Waals surface area contributed by atoms with Gasteiger partial charge in [0.1, 0.15) is 5.82 Å². The average molecular weight is 299 g/mol. The molecule has 2 heterocycles. The van der Waals surface area contributed by atoms with Gasteiger partial charge in [-0.1, -0.05) is 6.07 Å². The molecule has 0 aliphatic carbocycles. The van der Waals surface area contributed by atoms with E-state index in [9.17, 15) is 4.39 Å². The van der Waals surface area contributed by atoms with Gasteiger partial charge in [-0.3, -0.25) is 4.98 Å². The topological polar surface area (TPSA) is 37.0 Å². The summed E-state index contributed by atoms with van der Waals surface area (Å²) < 4.78 is 13.0. The quantitative estimate of drug-likeness (QED) is 0.891. The van der Waals surface area contributed by atoms with Crippen LogP contribution in [0.4, 0.5) is 4.39 Å². The van der Waals surface area contributed by atoms with Crippen LogP contribution in [0.5, 0.6) is 0 Å². The molecule has 0 unspecified atom stereocenters. The van der Waals surface area contributed by atoms with Crippen LogP contribution >= 0.6 is 0 Å². The number of pyridine rings is 1. The second kappa shape index (κ2) is 7.47. The fourth-order valence-electron chi connectivity index (χ4n) is 2.85. The molecule has 1 fully saturated rings. The lowest BCUT2D eigenvalue weighted by molar-refractivity contribution is 0.356. The summed E-state index contributed by atoms with van der Waals surface area (Å²) in [5, 5.41) is 6.89. The lowest BCUT2D eigenvalue weighted by atomic mass is 9.98. The Kier molecular flexibility index (Phi) is 5.14. The number of hydrogen-bond acceptors (Lipinski definition) is 3. The minimum absolute atomic E-state index is 0.219. The molecule has 1 aromatic heterocycles. The van der Waals surface area contributed by atoms with Crippen LogP contribution in [0.25, 0.3) is 11.3 Å². The van der Waals surface area contributed by atoms with E-state index in [1.54, 1.807) is 12.1 Å². The Hall–Kier alpha value is -1.78. The predicted molar refractivity (Wildman–Crippen MR) is 86.9 cm³/mol. The number of nitrogens with zero attached hydrogens (tertiary/aromatic N) is 1. The van der Waals surface area contributed by atoms with Crippen molar-refractivity contribution in [3.8, 4) is 11.3 Å². The number of piperidine rings is 1. The fraction of sp³-hybridized carbons (Fsp3) is 0.389. The van der Waals surface area contributed by atoms with Crippen molar-refractivity contribution < 1.29 is 4.39 Å². The van der Waals surface area contributed by atoms with Crippen LogP contribution < -0.4 is 10.6 Å². The summed E-state index contributed by atoms with van der Waals surface area (Å²) in [5.41, 5.74) is 2.86. The highest BCUT2D eigenvalue weighted by atomic mass is 19.1. The smallest absolute Gasteiger partial charge is 0.123 e. The van der Waals surface area contributed by atoms with Crippen LogP contribution in [-0.2, 0) is 6.54 Å². The van der Waals surface area contributed by atoms with E-state index in [-0.39, 0.29) is 5.82 Å². The molecular formula is C18H22FN3. The highest BCUT2D eigenvalue weighted by Crippen LogP contribution is 2.17. The Morgan fingerprint density at radius 3 is 2.64 bits per heavy atom. The van der Waals surface area contributed by atoms with Crippen molar-refractivity contribution in [2.75, 3.05) is 19.6 Å². The Morgan fingerprint density at radius 2 is 1.86 bits per heavy atom. The molecule has 0 atom stereocenters. The van der Waals surface area contributed by atoms with Crippen molar-refractivity contribution in [2.24, 2.45) is 5.92 Å². The lowest BCUT2D eigenvalue weighted by Crippen LogP contribution is -2.33. The average Bonchev–Trinajstić information content (AvgIpc) is 2.57. The molecule has 4 heteroatoms. The van der Waals surface area contributed by atoms with E-state index in [0.717, 1.165) is 49.0 Å². The number of hydrogen-bond donors (Lipinski definition) is 2. The van der Waals surface area contributed by atoms with Crippen LogP contribution in [0.2, 0.25) is 0 Å². The molecule has 0 spiro atoms. The summed E-state index contributed by atoms with van der Waals surface area (Å²) in [6.45, 7) is 4.08. The van der Waals surface area contributed by atoms with Gasteiger partial charge in [0.15, 0.2) is 0 Å². The van der Waals surface area contributed by atoms with E-state index in [4.69, 9.17) is 0 Å². The van der Waals surface area contributed by atoms with Crippen molar-refractivity contribution in [1.82, 2.24) is 15.6 Å². The summed E-state index contributed by atoms with van der Waals surface area (Å²) in [6, 6.07) is 12.5. The fourth-order valence-corrected chi connectivity index (χ4v) is 2.85. The van der Waals surface area contributed by atoms with Gasteiger partial charge < -0.3 is 10.6 Å². The number of benzene rings is 1. The number of aromatic nitrogens is 1. The highest BCUT2D eigenvalue weighted by molar-refractivity contribution is 5.58. The van der Waals surface area contributed by atoms with Gasteiger partial charge in [-0.05, 0) is 74.8 Å². The Balaban J connectivity index is 1.57. The molecular weight excluding hydrogens is 277 g/mol. The summed E-state index contributed by atoms with van der Waals surface area (Å²) in [7, 11) is 0. The second-order valence-electron chi connectivity index (χ2n) is 5.85. The number of halogens is 1. The normalized spacial score (nSPS) is 15.9. The number of nitrogens with one attached hydrogen (secondary N) is 2. The first-order valence-electron chi connectivity index (χ1n) is 7.94. The molecule has 0 saturated carbocycles. The van der Waals surface area contributed by atoms with Gasteiger partial charge in [0.25, 0.3) is 0 Å². The standard InChI is InChI=1S/C18H22FN3/c19-16-6-4-15(5-7-16)18-3-1-2-17(22-18)13-21-12-14-8-10-20-11-9-14/h1-7,14,20-21H,8-13H2. The third kappa shape index (κ3) is 4.12. The van der Waals surface area contributed by atoms with Gasteiger partial charge in [-0.2, -0.15) is 0 Å². The summed E-state index contributed by atoms with van der Waals surface area (Å²) in [4.78, 5) is 4.66. The van der Waals surface area contributed by atoms with Crippen LogP contribution in [-0.4, -0.2) is 24.6 Å². The van der Waals surface area contributed by atoms with Gasteiger partial charge >= 0.3 is 0 Å². The van der Waals surface area contributed by atoms with Crippen molar-refractivity contribution in [3.05, 3.63) is 54.0 Å². The minimum atomic E-state index is -0.219. The highest BCUT2D eigenvalue weighted by Gasteiger charge is 2.12. The molecule has 0 amide bonds. The third-order valence-electron chi connectivity index (χ3n) is 4.14. The predicted octanol–water partition coefficient (Wildman–Crippen LogP) is 2.98. The summed E-state index contributed by atoms with van der Waals surface area (Å²) >= 11 is 0. The number of rotatable bonds is 5. The molecule has 2 aromatic rings. The van der Waals surface area contributed by atoms with Crippen LogP contribution in [0.15, 0.2) is 42.5 Å². The molecule has 22 heavy (non-hydrogen) atoms. The zero-order valence-corrected chi connectivity index (χ0v) is 12.7. The van der Waals surface area contributed by atoms with Crippen molar-refractivity contribution in [1.29, 1.82) is 0 Å². The van der Waals surface area contributed by atoms with E-state index < -0.39 is 0 Å². The van der Waals surface area contributed by atoms with Gasteiger partial charge in [-0.15, -0.1) is 0 Å². The van der Waals surface area contributed by atoms with Crippen molar-refractivity contribution in [3.63, 3.8) is 0 Å². The first-order chi connectivity index (χ1) is 10.8. The van der Waals surface area contributed by atoms with Gasteiger partial charge in [0.05, 0.1) is 11.4 Å². The zero-order valence-electron chi connectivity index (χ0n) is 12.7. The minimum Gasteiger partial charge on any atom is -0.317 e. The van der Waals surface area contributed by atoms with Gasteiger partial charge in [0.2, 0.25) is 0 Å². The largest absolute Gasteiger partial charge is 0.317 e. The maximum absolute atomic E-state index is 13.0. The molecule has 3 nitrogen and oxygen atoms in total. The van der Waals surface area contributed by atoms with E-state index in [1.807, 2.05) is 18.2 Å². The Morgan fingerprint density at radius 1 is 1.09 bits per heavy atom. The molecule has 2 N–H and O–H groups in total. The van der Waals surface area contributed by atoms with E-state index in [2.05, 4.69) is 15.6 Å². The lowest BCUT2D eigenvalue weighted by Gasteiger charge is -2.22. The van der Waals surface area contributed by atoms with Crippen molar-refractivity contribution in [2.45, 2.75) is 19.4 Å². The molecule has 1 saturated heterocycles. The Labute approximate surface area is 131 Å². The van der Waals surface area contributed by atoms with Gasteiger partial charge in [0, 0.05) is 12.1 Å². The second-order valence-corrected chi connectivity index (χ2v) is 5.85. The van der Waals surface area contributed by atoms with Crippen LogP contribution in [0, 0.1) is 11.7 Å². The molecule has 3 rings (SSSR count). The monoisotopic (exact) mass is 299 g/mol. The van der Waals surface area contributed by atoms with E-state index in [0.29, 0.717) is 0 Å². The van der Waals surface area contributed by atoms with Crippen LogP contribution in [0.1, 0.15) is 18.5 Å². The molecule has 0 radical (unpaired) electrons.